The molecule has 0 amide bonds. The number of rotatable bonds is 3. The summed E-state index contributed by atoms with van der Waals surface area (Å²) >= 11 is 0. The lowest BCUT2D eigenvalue weighted by atomic mass is 10.0. The number of nitrogens with two attached hydrogens (primary N) is 1. The number of pyridine rings is 1. The molecule has 0 radical (unpaired) electrons. The van der Waals surface area contributed by atoms with Crippen LogP contribution in [0.25, 0.3) is 0 Å². The number of halogens is 2. The van der Waals surface area contributed by atoms with E-state index in [1.807, 2.05) is 0 Å². The summed E-state index contributed by atoms with van der Waals surface area (Å²) in [6.07, 6.45) is -0.887. The van der Waals surface area contributed by atoms with Crippen molar-refractivity contribution in [1.29, 1.82) is 0 Å². The summed E-state index contributed by atoms with van der Waals surface area (Å²) in [4.78, 5) is 3.93. The zero-order chi connectivity index (χ0) is 9.84. The van der Waals surface area contributed by atoms with Crippen molar-refractivity contribution in [1.82, 2.24) is 4.98 Å². The van der Waals surface area contributed by atoms with Crippen LogP contribution in [0.5, 0.6) is 0 Å². The summed E-state index contributed by atoms with van der Waals surface area (Å²) in [6.45, 7) is 1.73. The van der Waals surface area contributed by atoms with Crippen LogP contribution in [-0.4, -0.2) is 18.0 Å². The zero-order valence-corrected chi connectivity index (χ0v) is 7.37. The monoisotopic (exact) mass is 186 g/mol. The molecule has 0 saturated carbocycles. The van der Waals surface area contributed by atoms with Gasteiger partial charge in [0.25, 0.3) is 0 Å². The van der Waals surface area contributed by atoms with E-state index in [0.29, 0.717) is 5.56 Å². The quantitative estimate of drug-likeness (QED) is 0.780. The summed E-state index contributed by atoms with van der Waals surface area (Å²) in [5.41, 5.74) is 6.55. The molecule has 0 aliphatic carbocycles. The fourth-order valence-electron chi connectivity index (χ4n) is 1.18. The minimum absolute atomic E-state index is 0.0406. The van der Waals surface area contributed by atoms with E-state index in [0.717, 1.165) is 5.69 Å². The van der Waals surface area contributed by atoms with Gasteiger partial charge in [0.2, 0.25) is 6.43 Å². The lowest BCUT2D eigenvalue weighted by Crippen LogP contribution is -2.19. The molecule has 72 valence electrons. The first-order valence-electron chi connectivity index (χ1n) is 4.06. The highest BCUT2D eigenvalue weighted by atomic mass is 19.3. The van der Waals surface area contributed by atoms with E-state index in [2.05, 4.69) is 4.98 Å². The second kappa shape index (κ2) is 4.28. The number of alkyl halides is 2. The van der Waals surface area contributed by atoms with Gasteiger partial charge in [0.05, 0.1) is 5.92 Å². The minimum atomic E-state index is -2.41. The van der Waals surface area contributed by atoms with Crippen LogP contribution < -0.4 is 5.73 Å². The fraction of sp³-hybridized carbons (Fsp3) is 0.444. The van der Waals surface area contributed by atoms with E-state index >= 15 is 0 Å². The van der Waals surface area contributed by atoms with E-state index in [1.165, 1.54) is 6.20 Å². The molecule has 0 aromatic carbocycles. The van der Waals surface area contributed by atoms with E-state index in [4.69, 9.17) is 5.73 Å². The Morgan fingerprint density at radius 3 is 2.69 bits per heavy atom. The van der Waals surface area contributed by atoms with Crippen LogP contribution in [0.3, 0.4) is 0 Å². The Kier molecular flexibility index (Phi) is 3.31. The average molecular weight is 186 g/mol. The Morgan fingerprint density at radius 2 is 2.23 bits per heavy atom. The van der Waals surface area contributed by atoms with Crippen LogP contribution in [0, 0.1) is 6.92 Å². The van der Waals surface area contributed by atoms with Gasteiger partial charge < -0.3 is 5.73 Å². The summed E-state index contributed by atoms with van der Waals surface area (Å²) < 4.78 is 24.8. The molecule has 2 N–H and O–H groups in total. The van der Waals surface area contributed by atoms with E-state index in [1.54, 1.807) is 19.1 Å². The van der Waals surface area contributed by atoms with Crippen molar-refractivity contribution >= 4 is 0 Å². The molecule has 1 unspecified atom stereocenters. The largest absolute Gasteiger partial charge is 0.330 e. The predicted octanol–water partition coefficient (Wildman–Crippen LogP) is 1.70. The van der Waals surface area contributed by atoms with Gasteiger partial charge in [-0.2, -0.15) is 0 Å². The Balaban J connectivity index is 2.91. The van der Waals surface area contributed by atoms with Crippen LogP contribution in [0.1, 0.15) is 17.2 Å². The molecule has 1 rings (SSSR count). The Labute approximate surface area is 75.8 Å². The molecule has 0 aliphatic rings. The van der Waals surface area contributed by atoms with Gasteiger partial charge in [-0.15, -0.1) is 0 Å². The number of hydrogen-bond donors (Lipinski definition) is 1. The topological polar surface area (TPSA) is 38.9 Å². The number of aryl methyl sites for hydroxylation is 1. The third-order valence-corrected chi connectivity index (χ3v) is 1.91. The first-order chi connectivity index (χ1) is 6.15. The lowest BCUT2D eigenvalue weighted by Gasteiger charge is -2.13. The second-order valence-electron chi connectivity index (χ2n) is 2.91. The first-order valence-corrected chi connectivity index (χ1v) is 4.06. The molecule has 4 heteroatoms. The molecular weight excluding hydrogens is 174 g/mol. The molecule has 13 heavy (non-hydrogen) atoms. The zero-order valence-electron chi connectivity index (χ0n) is 7.37. The number of aromatic nitrogens is 1. The molecule has 1 aromatic heterocycles. The van der Waals surface area contributed by atoms with Crippen LogP contribution in [0.4, 0.5) is 8.78 Å². The molecule has 0 saturated heterocycles. The molecule has 1 aromatic rings. The maximum Gasteiger partial charge on any atom is 0.246 e. The Morgan fingerprint density at radius 1 is 1.54 bits per heavy atom. The van der Waals surface area contributed by atoms with E-state index in [9.17, 15) is 8.78 Å². The van der Waals surface area contributed by atoms with Crippen LogP contribution >= 0.6 is 0 Å². The highest BCUT2D eigenvalue weighted by Crippen LogP contribution is 2.21. The molecule has 0 aliphatic heterocycles. The van der Waals surface area contributed by atoms with Crippen molar-refractivity contribution in [2.45, 2.75) is 19.3 Å². The van der Waals surface area contributed by atoms with Gasteiger partial charge in [0, 0.05) is 18.4 Å². The third kappa shape index (κ3) is 2.45. The van der Waals surface area contributed by atoms with Crippen molar-refractivity contribution in [3.63, 3.8) is 0 Å². The SMILES string of the molecule is Cc1cc(C(CN)C(F)F)ccn1. The van der Waals surface area contributed by atoms with Crippen molar-refractivity contribution in [2.75, 3.05) is 6.54 Å². The van der Waals surface area contributed by atoms with Gasteiger partial charge in [0.1, 0.15) is 0 Å². The highest BCUT2D eigenvalue weighted by molar-refractivity contribution is 5.20. The summed E-state index contributed by atoms with van der Waals surface area (Å²) in [5.74, 6) is -0.873. The molecule has 0 spiro atoms. The molecule has 0 bridgehead atoms. The van der Waals surface area contributed by atoms with Crippen LogP contribution in [0.15, 0.2) is 18.3 Å². The Bertz CT molecular complexity index is 276. The average Bonchev–Trinajstić information content (AvgIpc) is 2.04. The van der Waals surface area contributed by atoms with E-state index in [-0.39, 0.29) is 6.54 Å². The molecular formula is C9H12F2N2. The number of nitrogens with zero attached hydrogens (tertiary/aromatic N) is 1. The van der Waals surface area contributed by atoms with Crippen molar-refractivity contribution in [3.05, 3.63) is 29.6 Å². The van der Waals surface area contributed by atoms with Gasteiger partial charge in [-0.3, -0.25) is 4.98 Å². The fourth-order valence-corrected chi connectivity index (χ4v) is 1.18. The molecule has 2 nitrogen and oxygen atoms in total. The molecule has 1 atom stereocenters. The van der Waals surface area contributed by atoms with Gasteiger partial charge in [0.15, 0.2) is 0 Å². The first kappa shape index (κ1) is 10.1. The highest BCUT2D eigenvalue weighted by Gasteiger charge is 2.20. The summed E-state index contributed by atoms with van der Waals surface area (Å²) in [5, 5.41) is 0. The maximum atomic E-state index is 12.4. The van der Waals surface area contributed by atoms with Gasteiger partial charge >= 0.3 is 0 Å². The van der Waals surface area contributed by atoms with Crippen molar-refractivity contribution in [3.8, 4) is 0 Å². The smallest absolute Gasteiger partial charge is 0.246 e. The Hall–Kier alpha value is -1.03. The number of hydrogen-bond acceptors (Lipinski definition) is 2. The maximum absolute atomic E-state index is 12.4. The minimum Gasteiger partial charge on any atom is -0.330 e. The van der Waals surface area contributed by atoms with E-state index < -0.39 is 12.3 Å². The third-order valence-electron chi connectivity index (χ3n) is 1.91. The van der Waals surface area contributed by atoms with Gasteiger partial charge in [-0.1, -0.05) is 0 Å². The van der Waals surface area contributed by atoms with Gasteiger partial charge in [-0.25, -0.2) is 8.78 Å². The van der Waals surface area contributed by atoms with Crippen molar-refractivity contribution < 1.29 is 8.78 Å². The second-order valence-corrected chi connectivity index (χ2v) is 2.91. The van der Waals surface area contributed by atoms with Crippen LogP contribution in [-0.2, 0) is 0 Å². The summed E-state index contributed by atoms with van der Waals surface area (Å²) in [6, 6.07) is 3.22. The van der Waals surface area contributed by atoms with Crippen LogP contribution in [0.2, 0.25) is 0 Å². The summed E-state index contributed by atoms with van der Waals surface area (Å²) in [7, 11) is 0. The lowest BCUT2D eigenvalue weighted by molar-refractivity contribution is 0.117. The molecule has 1 heterocycles. The van der Waals surface area contributed by atoms with Crippen molar-refractivity contribution in [2.24, 2.45) is 5.73 Å². The predicted molar refractivity (Wildman–Crippen MR) is 46.8 cm³/mol. The normalized spacial score (nSPS) is 13.3. The van der Waals surface area contributed by atoms with Gasteiger partial charge in [-0.05, 0) is 24.6 Å². The molecule has 0 fully saturated rings. The standard InChI is InChI=1S/C9H12F2N2/c1-6-4-7(2-3-13-6)8(5-12)9(10)11/h2-4,8-9H,5,12H2,1H3.